The third-order valence-electron chi connectivity index (χ3n) is 3.30. The Balaban J connectivity index is 2.71. The number of H-pyrrole nitrogens is 1. The van der Waals surface area contributed by atoms with Gasteiger partial charge in [0.2, 0.25) is 0 Å². The van der Waals surface area contributed by atoms with E-state index in [1.807, 2.05) is 0 Å². The Hall–Kier alpha value is -1.08. The van der Waals surface area contributed by atoms with Crippen molar-refractivity contribution in [2.24, 2.45) is 0 Å². The van der Waals surface area contributed by atoms with Crippen molar-refractivity contribution in [1.82, 2.24) is 9.55 Å². The molecule has 100 valence electrons. The summed E-state index contributed by atoms with van der Waals surface area (Å²) in [4.78, 5) is 26.3. The molecule has 18 heavy (non-hydrogen) atoms. The van der Waals surface area contributed by atoms with Crippen molar-refractivity contribution < 1.29 is 8.42 Å². The molecule has 2 rings (SSSR count). The number of rotatable bonds is 1. The van der Waals surface area contributed by atoms with E-state index in [4.69, 9.17) is 11.6 Å². The van der Waals surface area contributed by atoms with Crippen LogP contribution in [0.2, 0.25) is 5.15 Å². The molecule has 1 aliphatic heterocycles. The first-order valence-electron chi connectivity index (χ1n) is 5.39. The molecule has 0 spiro atoms. The van der Waals surface area contributed by atoms with E-state index < -0.39 is 26.6 Å². The number of halogens is 1. The number of nitrogens with zero attached hydrogens (tertiary/aromatic N) is 1. The van der Waals surface area contributed by atoms with Crippen molar-refractivity contribution in [3.8, 4) is 0 Å². The smallest absolute Gasteiger partial charge is 0.297 e. The fourth-order valence-electron chi connectivity index (χ4n) is 2.26. The topological polar surface area (TPSA) is 89.0 Å². The molecule has 0 aliphatic carbocycles. The minimum Gasteiger partial charge on any atom is -0.297 e. The van der Waals surface area contributed by atoms with E-state index >= 15 is 0 Å². The zero-order valence-electron chi connectivity index (χ0n) is 9.99. The first-order chi connectivity index (χ1) is 8.16. The molecule has 6 nitrogen and oxygen atoms in total. The van der Waals surface area contributed by atoms with Gasteiger partial charge in [0.25, 0.3) is 5.56 Å². The number of sulfone groups is 1. The van der Waals surface area contributed by atoms with Gasteiger partial charge in [-0.2, -0.15) is 0 Å². The molecule has 1 atom stereocenters. The van der Waals surface area contributed by atoms with Crippen molar-refractivity contribution in [3.05, 3.63) is 31.6 Å². The highest BCUT2D eigenvalue weighted by Gasteiger charge is 2.42. The van der Waals surface area contributed by atoms with Crippen LogP contribution in [0.3, 0.4) is 0 Å². The van der Waals surface area contributed by atoms with Crippen LogP contribution in [-0.2, 0) is 15.4 Å². The van der Waals surface area contributed by atoms with Crippen LogP contribution >= 0.6 is 11.6 Å². The maximum Gasteiger partial charge on any atom is 0.330 e. The second-order valence-corrected chi connectivity index (χ2v) is 7.41. The lowest BCUT2D eigenvalue weighted by Crippen LogP contribution is -2.49. The van der Waals surface area contributed by atoms with Gasteiger partial charge in [0.1, 0.15) is 5.15 Å². The molecule has 8 heteroatoms. The highest BCUT2D eigenvalue weighted by molar-refractivity contribution is 7.91. The first-order valence-corrected chi connectivity index (χ1v) is 7.59. The number of nitrogens with one attached hydrogen (secondary N) is 1. The molecule has 2 heterocycles. The highest BCUT2D eigenvalue weighted by atomic mass is 35.5. The van der Waals surface area contributed by atoms with Crippen LogP contribution in [-0.4, -0.2) is 29.5 Å². The highest BCUT2D eigenvalue weighted by Crippen LogP contribution is 2.28. The molecule has 1 aliphatic rings. The average Bonchev–Trinajstić information content (AvgIpc) is 2.50. The molecule has 1 fully saturated rings. The van der Waals surface area contributed by atoms with Crippen LogP contribution < -0.4 is 11.2 Å². The number of hydrogen-bond acceptors (Lipinski definition) is 4. The largest absolute Gasteiger partial charge is 0.330 e. The summed E-state index contributed by atoms with van der Waals surface area (Å²) in [5, 5.41) is -0.00861. The standard InChI is InChI=1S/C10H13ClN2O4S/c1-6-7(11)12-9(15)13(8(6)14)10(2)3-4-18(16,17)5-10/h3-5H2,1-2H3,(H,12,15). The van der Waals surface area contributed by atoms with Crippen LogP contribution in [0.5, 0.6) is 0 Å². The third kappa shape index (κ3) is 2.01. The Bertz CT molecular complexity index is 718. The van der Waals surface area contributed by atoms with Gasteiger partial charge in [-0.05, 0) is 20.3 Å². The summed E-state index contributed by atoms with van der Waals surface area (Å²) in [5.41, 5.74) is -2.00. The maximum atomic E-state index is 12.1. The Kier molecular flexibility index (Phi) is 2.94. The van der Waals surface area contributed by atoms with Crippen molar-refractivity contribution in [1.29, 1.82) is 0 Å². The molecular formula is C10H13ClN2O4S. The summed E-state index contributed by atoms with van der Waals surface area (Å²) < 4.78 is 24.1. The van der Waals surface area contributed by atoms with Crippen LogP contribution in [0.15, 0.2) is 9.59 Å². The molecule has 1 unspecified atom stereocenters. The van der Waals surface area contributed by atoms with Crippen molar-refractivity contribution in [2.75, 3.05) is 11.5 Å². The molecule has 0 amide bonds. The molecule has 0 radical (unpaired) electrons. The van der Waals surface area contributed by atoms with Gasteiger partial charge >= 0.3 is 5.69 Å². The summed E-state index contributed by atoms with van der Waals surface area (Å²) >= 11 is 5.71. The maximum absolute atomic E-state index is 12.1. The van der Waals surface area contributed by atoms with Gasteiger partial charge in [-0.15, -0.1) is 0 Å². The lowest BCUT2D eigenvalue weighted by Gasteiger charge is -2.24. The predicted octanol–water partition coefficient (Wildman–Crippen LogP) is 0.0321. The molecule has 1 saturated heterocycles. The van der Waals surface area contributed by atoms with Crippen LogP contribution in [0.25, 0.3) is 0 Å². The average molecular weight is 293 g/mol. The lowest BCUT2D eigenvalue weighted by atomic mass is 10.0. The fourth-order valence-corrected chi connectivity index (χ4v) is 4.54. The summed E-state index contributed by atoms with van der Waals surface area (Å²) in [6, 6.07) is 0. The second-order valence-electron chi connectivity index (χ2n) is 4.85. The minimum absolute atomic E-state index is 0.00861. The molecule has 1 aromatic rings. The third-order valence-corrected chi connectivity index (χ3v) is 5.56. The zero-order valence-corrected chi connectivity index (χ0v) is 11.6. The monoisotopic (exact) mass is 292 g/mol. The molecule has 1 aromatic heterocycles. The molecule has 0 aromatic carbocycles. The van der Waals surface area contributed by atoms with Crippen LogP contribution in [0.4, 0.5) is 0 Å². The SMILES string of the molecule is Cc1c(Cl)[nH]c(=O)n(C2(C)CCS(=O)(=O)C2)c1=O. The zero-order chi connectivity index (χ0) is 13.7. The van der Waals surface area contributed by atoms with Gasteiger partial charge in [0.05, 0.1) is 17.0 Å². The molecule has 0 saturated carbocycles. The first kappa shape index (κ1) is 13.4. The van der Waals surface area contributed by atoms with Gasteiger partial charge in [-0.1, -0.05) is 11.6 Å². The van der Waals surface area contributed by atoms with Gasteiger partial charge in [-0.3, -0.25) is 14.3 Å². The Morgan fingerprint density at radius 1 is 1.39 bits per heavy atom. The summed E-state index contributed by atoms with van der Waals surface area (Å²) in [5.74, 6) is -0.221. The van der Waals surface area contributed by atoms with Crippen molar-refractivity contribution in [3.63, 3.8) is 0 Å². The Morgan fingerprint density at radius 2 is 2.00 bits per heavy atom. The van der Waals surface area contributed by atoms with E-state index in [1.54, 1.807) is 6.92 Å². The number of aromatic amines is 1. The normalized spacial score (nSPS) is 26.4. The number of aromatic nitrogens is 2. The molecule has 0 bridgehead atoms. The van der Waals surface area contributed by atoms with Crippen LogP contribution in [0, 0.1) is 6.92 Å². The second kappa shape index (κ2) is 3.96. The minimum atomic E-state index is -3.20. The molecule has 1 N–H and O–H groups in total. The van der Waals surface area contributed by atoms with Gasteiger partial charge in [-0.25, -0.2) is 13.2 Å². The van der Waals surface area contributed by atoms with E-state index in [-0.39, 0.29) is 28.6 Å². The van der Waals surface area contributed by atoms with E-state index in [1.165, 1.54) is 6.92 Å². The Labute approximate surface area is 109 Å². The Morgan fingerprint density at radius 3 is 2.50 bits per heavy atom. The van der Waals surface area contributed by atoms with Gasteiger partial charge in [0, 0.05) is 5.56 Å². The van der Waals surface area contributed by atoms with E-state index in [0.717, 1.165) is 4.57 Å². The molecular weight excluding hydrogens is 280 g/mol. The van der Waals surface area contributed by atoms with Gasteiger partial charge in [0.15, 0.2) is 9.84 Å². The summed E-state index contributed by atoms with van der Waals surface area (Å²) in [7, 11) is -3.20. The lowest BCUT2D eigenvalue weighted by molar-refractivity contribution is 0.337. The van der Waals surface area contributed by atoms with E-state index in [2.05, 4.69) is 4.98 Å². The van der Waals surface area contributed by atoms with Gasteiger partial charge < -0.3 is 0 Å². The number of hydrogen-bond donors (Lipinski definition) is 1. The van der Waals surface area contributed by atoms with E-state index in [9.17, 15) is 18.0 Å². The van der Waals surface area contributed by atoms with E-state index in [0.29, 0.717) is 0 Å². The summed E-state index contributed by atoms with van der Waals surface area (Å²) in [6.45, 7) is 3.09. The van der Waals surface area contributed by atoms with Crippen LogP contribution in [0.1, 0.15) is 18.9 Å². The fraction of sp³-hybridized carbons (Fsp3) is 0.600. The predicted molar refractivity (Wildman–Crippen MR) is 68.0 cm³/mol. The summed E-state index contributed by atoms with van der Waals surface area (Å²) in [6.07, 6.45) is 0.249. The van der Waals surface area contributed by atoms with Crippen molar-refractivity contribution in [2.45, 2.75) is 25.8 Å². The quantitative estimate of drug-likeness (QED) is 0.740. The van der Waals surface area contributed by atoms with Crippen molar-refractivity contribution >= 4 is 21.4 Å².